The molecule has 3 heterocycles. The molecule has 0 unspecified atom stereocenters. The van der Waals surface area contributed by atoms with Crippen molar-refractivity contribution in [1.82, 2.24) is 29.8 Å². The number of fused-ring (bicyclic) bond motifs is 1. The van der Waals surface area contributed by atoms with Gasteiger partial charge >= 0.3 is 0 Å². The highest BCUT2D eigenvalue weighted by molar-refractivity contribution is 5.93. The van der Waals surface area contributed by atoms with Crippen molar-refractivity contribution in [3.63, 3.8) is 0 Å². The number of nitrogens with zero attached hydrogens (tertiary/aromatic N) is 5. The summed E-state index contributed by atoms with van der Waals surface area (Å²) in [6.45, 7) is 7.90. The minimum Gasteiger partial charge on any atom is -0.377 e. The van der Waals surface area contributed by atoms with Crippen LogP contribution in [0.4, 0.5) is 0 Å². The molecule has 9 nitrogen and oxygen atoms in total. The van der Waals surface area contributed by atoms with Gasteiger partial charge in [0.1, 0.15) is 12.0 Å². The second-order valence-electron chi connectivity index (χ2n) is 6.97. The second-order valence-corrected chi connectivity index (χ2v) is 6.97. The van der Waals surface area contributed by atoms with Gasteiger partial charge in [0.2, 0.25) is 5.91 Å². The van der Waals surface area contributed by atoms with Gasteiger partial charge in [0.15, 0.2) is 0 Å². The maximum absolute atomic E-state index is 13.2. The maximum atomic E-state index is 13.2. The summed E-state index contributed by atoms with van der Waals surface area (Å²) in [5.41, 5.74) is 1.19. The molecule has 2 amide bonds. The van der Waals surface area contributed by atoms with Gasteiger partial charge in [-0.3, -0.25) is 9.59 Å². The summed E-state index contributed by atoms with van der Waals surface area (Å²) in [6.07, 6.45) is 2.52. The Morgan fingerprint density at radius 1 is 1.41 bits per heavy atom. The average Bonchev–Trinajstić information content (AvgIpc) is 3.14. The standard InChI is InChI=1S/C18H26N6O3/c1-4-5-19-16(25)8-13-10-27-7-6-23(13)17(26)14-9-15(12(2)3)24-18(22-14)20-11-21-24/h9,11-13H,4-8,10H2,1-3H3,(H,19,25)/t13-/m0/s1. The molecule has 1 aliphatic rings. The average molecular weight is 374 g/mol. The van der Waals surface area contributed by atoms with Crippen molar-refractivity contribution in [3.8, 4) is 0 Å². The lowest BCUT2D eigenvalue weighted by atomic mass is 10.1. The zero-order valence-electron chi connectivity index (χ0n) is 16.0. The third kappa shape index (κ3) is 4.24. The number of morpholine rings is 1. The predicted molar refractivity (Wildman–Crippen MR) is 98.4 cm³/mol. The van der Waals surface area contributed by atoms with Crippen LogP contribution < -0.4 is 5.32 Å². The van der Waals surface area contributed by atoms with Gasteiger partial charge in [-0.1, -0.05) is 20.8 Å². The minimum atomic E-state index is -0.304. The lowest BCUT2D eigenvalue weighted by Gasteiger charge is -2.35. The van der Waals surface area contributed by atoms with E-state index in [4.69, 9.17) is 4.74 Å². The van der Waals surface area contributed by atoms with Gasteiger partial charge in [0, 0.05) is 19.5 Å². The summed E-state index contributed by atoms with van der Waals surface area (Å²) in [5, 5.41) is 7.03. The van der Waals surface area contributed by atoms with E-state index < -0.39 is 0 Å². The van der Waals surface area contributed by atoms with Crippen molar-refractivity contribution in [3.05, 3.63) is 23.8 Å². The molecule has 2 aromatic rings. The Bertz CT molecular complexity index is 819. The summed E-state index contributed by atoms with van der Waals surface area (Å²) in [5.74, 6) is 0.270. The number of aromatic nitrogens is 4. The first kappa shape index (κ1) is 19.2. The molecule has 1 fully saturated rings. The molecular formula is C18H26N6O3. The van der Waals surface area contributed by atoms with Gasteiger partial charge in [0.05, 0.1) is 24.9 Å². The number of amides is 2. The van der Waals surface area contributed by atoms with Crippen LogP contribution in [0.2, 0.25) is 0 Å². The number of carbonyl (C=O) groups is 2. The monoisotopic (exact) mass is 374 g/mol. The Hall–Kier alpha value is -2.55. The van der Waals surface area contributed by atoms with Crippen LogP contribution in [0.5, 0.6) is 0 Å². The molecule has 3 rings (SSSR count). The van der Waals surface area contributed by atoms with Crippen molar-refractivity contribution < 1.29 is 14.3 Å². The van der Waals surface area contributed by atoms with Gasteiger partial charge in [-0.05, 0) is 18.4 Å². The third-order valence-electron chi connectivity index (χ3n) is 4.57. The fourth-order valence-electron chi connectivity index (χ4n) is 3.14. The van der Waals surface area contributed by atoms with Crippen LogP contribution in [0.15, 0.2) is 12.4 Å². The van der Waals surface area contributed by atoms with Crippen molar-refractivity contribution in [2.45, 2.75) is 45.6 Å². The number of hydrogen-bond acceptors (Lipinski definition) is 6. The molecule has 146 valence electrons. The van der Waals surface area contributed by atoms with E-state index in [1.54, 1.807) is 15.5 Å². The largest absolute Gasteiger partial charge is 0.377 e. The molecule has 27 heavy (non-hydrogen) atoms. The predicted octanol–water partition coefficient (Wildman–Crippen LogP) is 1.01. The van der Waals surface area contributed by atoms with Crippen LogP contribution in [0.25, 0.3) is 5.78 Å². The molecule has 0 bridgehead atoms. The first-order valence-corrected chi connectivity index (χ1v) is 9.37. The number of hydrogen-bond donors (Lipinski definition) is 1. The number of nitrogens with one attached hydrogen (secondary N) is 1. The van der Waals surface area contributed by atoms with Crippen molar-refractivity contribution in [2.75, 3.05) is 26.3 Å². The van der Waals surface area contributed by atoms with E-state index in [-0.39, 0.29) is 30.2 Å². The van der Waals surface area contributed by atoms with E-state index in [0.29, 0.717) is 37.8 Å². The molecule has 2 aromatic heterocycles. The topological polar surface area (TPSA) is 102 Å². The Morgan fingerprint density at radius 3 is 2.96 bits per heavy atom. The van der Waals surface area contributed by atoms with E-state index in [9.17, 15) is 9.59 Å². The molecule has 0 radical (unpaired) electrons. The van der Waals surface area contributed by atoms with Crippen molar-refractivity contribution in [2.24, 2.45) is 0 Å². The summed E-state index contributed by atoms with van der Waals surface area (Å²) < 4.78 is 7.15. The van der Waals surface area contributed by atoms with E-state index in [2.05, 4.69) is 20.4 Å². The molecule has 1 saturated heterocycles. The van der Waals surface area contributed by atoms with Crippen LogP contribution in [-0.2, 0) is 9.53 Å². The fourth-order valence-corrected chi connectivity index (χ4v) is 3.14. The summed E-state index contributed by atoms with van der Waals surface area (Å²) >= 11 is 0. The third-order valence-corrected chi connectivity index (χ3v) is 4.57. The summed E-state index contributed by atoms with van der Waals surface area (Å²) in [4.78, 5) is 35.5. The van der Waals surface area contributed by atoms with Gasteiger partial charge < -0.3 is 15.0 Å². The SMILES string of the molecule is CCCNC(=O)C[C@H]1COCCN1C(=O)c1cc(C(C)C)n2ncnc2n1. The van der Waals surface area contributed by atoms with Gasteiger partial charge in [-0.15, -0.1) is 0 Å². The summed E-state index contributed by atoms with van der Waals surface area (Å²) in [7, 11) is 0. The van der Waals surface area contributed by atoms with Gasteiger partial charge in [-0.2, -0.15) is 10.1 Å². The van der Waals surface area contributed by atoms with E-state index in [0.717, 1.165) is 12.1 Å². The number of ether oxygens (including phenoxy) is 1. The minimum absolute atomic E-state index is 0.0751. The van der Waals surface area contributed by atoms with Crippen molar-refractivity contribution in [1.29, 1.82) is 0 Å². The van der Waals surface area contributed by atoms with Crippen LogP contribution in [0.1, 0.15) is 55.7 Å². The smallest absolute Gasteiger partial charge is 0.273 e. The Kier molecular flexibility index (Phi) is 6.00. The second kappa shape index (κ2) is 8.43. The number of rotatable bonds is 6. The van der Waals surface area contributed by atoms with Gasteiger partial charge in [-0.25, -0.2) is 9.50 Å². The lowest BCUT2D eigenvalue weighted by Crippen LogP contribution is -2.50. The molecular weight excluding hydrogens is 348 g/mol. The first-order valence-electron chi connectivity index (χ1n) is 9.37. The molecule has 1 N–H and O–H groups in total. The fraction of sp³-hybridized carbons (Fsp3) is 0.611. The van der Waals surface area contributed by atoms with Crippen molar-refractivity contribution >= 4 is 17.6 Å². The first-order chi connectivity index (χ1) is 13.0. The van der Waals surface area contributed by atoms with Crippen LogP contribution in [0, 0.1) is 0 Å². The van der Waals surface area contributed by atoms with Gasteiger partial charge in [0.25, 0.3) is 11.7 Å². The Morgan fingerprint density at radius 2 is 2.22 bits per heavy atom. The Labute approximate surface area is 158 Å². The zero-order valence-corrected chi connectivity index (χ0v) is 16.0. The molecule has 9 heteroatoms. The lowest BCUT2D eigenvalue weighted by molar-refractivity contribution is -0.123. The molecule has 1 aliphatic heterocycles. The highest BCUT2D eigenvalue weighted by Gasteiger charge is 2.31. The quantitative estimate of drug-likeness (QED) is 0.809. The van der Waals surface area contributed by atoms with Crippen LogP contribution in [0.3, 0.4) is 0 Å². The van der Waals surface area contributed by atoms with Crippen LogP contribution in [-0.4, -0.2) is 68.6 Å². The molecule has 0 aliphatic carbocycles. The number of carbonyl (C=O) groups excluding carboxylic acids is 2. The highest BCUT2D eigenvalue weighted by atomic mass is 16.5. The van der Waals surface area contributed by atoms with Crippen LogP contribution >= 0.6 is 0 Å². The normalized spacial score (nSPS) is 17.5. The molecule has 0 spiro atoms. The molecule has 1 atom stereocenters. The van der Waals surface area contributed by atoms with E-state index >= 15 is 0 Å². The highest BCUT2D eigenvalue weighted by Crippen LogP contribution is 2.19. The molecule has 0 saturated carbocycles. The van der Waals surface area contributed by atoms with E-state index in [1.165, 1.54) is 6.33 Å². The van der Waals surface area contributed by atoms with E-state index in [1.807, 2.05) is 20.8 Å². The summed E-state index contributed by atoms with van der Waals surface area (Å²) in [6, 6.07) is 1.46. The maximum Gasteiger partial charge on any atom is 0.273 e. The Balaban J connectivity index is 1.84. The molecule has 0 aromatic carbocycles. The zero-order chi connectivity index (χ0) is 19.4.